The monoisotopic (exact) mass is 349 g/mol. The van der Waals surface area contributed by atoms with Gasteiger partial charge < -0.3 is 15.0 Å². The fourth-order valence-corrected chi connectivity index (χ4v) is 4.49. The largest absolute Gasteiger partial charge is 0.357 e. The van der Waals surface area contributed by atoms with Crippen LogP contribution in [0.25, 0.3) is 5.65 Å². The Morgan fingerprint density at radius 2 is 2.33 bits per heavy atom. The molecule has 130 valence electrons. The standard InChI is InChI=1S/C16H23N5O2S/c1-2-17-16(20-14-7-10-24(22,23)12-14)18-8-6-13-11-21-9-4-3-5-15(21)19-13/h3-5,9,11,14H,2,6-8,10,12H2,1H3,(H2,17,18,20). The number of aromatic nitrogens is 2. The summed E-state index contributed by atoms with van der Waals surface area (Å²) < 4.78 is 25.1. The predicted molar refractivity (Wildman–Crippen MR) is 95.1 cm³/mol. The molecule has 1 aliphatic heterocycles. The lowest BCUT2D eigenvalue weighted by Crippen LogP contribution is -2.44. The number of pyridine rings is 1. The second-order valence-electron chi connectivity index (χ2n) is 5.95. The average molecular weight is 349 g/mol. The summed E-state index contributed by atoms with van der Waals surface area (Å²) in [4.78, 5) is 9.09. The fourth-order valence-electron chi connectivity index (χ4n) is 2.81. The smallest absolute Gasteiger partial charge is 0.191 e. The molecule has 0 amide bonds. The number of nitrogens with zero attached hydrogens (tertiary/aromatic N) is 3. The molecule has 1 saturated heterocycles. The van der Waals surface area contributed by atoms with E-state index in [1.165, 1.54) is 0 Å². The highest BCUT2D eigenvalue weighted by Crippen LogP contribution is 2.11. The van der Waals surface area contributed by atoms with Gasteiger partial charge in [-0.3, -0.25) is 4.99 Å². The fraction of sp³-hybridized carbons (Fsp3) is 0.500. The van der Waals surface area contributed by atoms with E-state index in [9.17, 15) is 8.42 Å². The van der Waals surface area contributed by atoms with Crippen LogP contribution in [0.5, 0.6) is 0 Å². The van der Waals surface area contributed by atoms with Gasteiger partial charge >= 0.3 is 0 Å². The number of hydrogen-bond donors (Lipinski definition) is 2. The zero-order valence-corrected chi connectivity index (χ0v) is 14.6. The van der Waals surface area contributed by atoms with Crippen LogP contribution in [0, 0.1) is 0 Å². The molecular formula is C16H23N5O2S. The van der Waals surface area contributed by atoms with Crippen LogP contribution < -0.4 is 10.6 Å². The highest BCUT2D eigenvalue weighted by molar-refractivity contribution is 7.91. The molecule has 7 nitrogen and oxygen atoms in total. The van der Waals surface area contributed by atoms with Crippen LogP contribution in [0.3, 0.4) is 0 Å². The predicted octanol–water partition coefficient (Wildman–Crippen LogP) is 0.619. The maximum Gasteiger partial charge on any atom is 0.191 e. The Labute approximate surface area is 142 Å². The Morgan fingerprint density at radius 1 is 1.46 bits per heavy atom. The molecule has 0 radical (unpaired) electrons. The van der Waals surface area contributed by atoms with E-state index in [1.54, 1.807) is 0 Å². The third kappa shape index (κ3) is 4.25. The molecule has 0 aliphatic carbocycles. The minimum Gasteiger partial charge on any atom is -0.357 e. The van der Waals surface area contributed by atoms with Crippen molar-refractivity contribution >= 4 is 21.4 Å². The van der Waals surface area contributed by atoms with Crippen molar-refractivity contribution in [2.45, 2.75) is 25.8 Å². The molecule has 0 bridgehead atoms. The Balaban J connectivity index is 1.59. The number of hydrogen-bond acceptors (Lipinski definition) is 4. The molecule has 1 atom stereocenters. The van der Waals surface area contributed by atoms with Crippen LogP contribution in [0.4, 0.5) is 0 Å². The summed E-state index contributed by atoms with van der Waals surface area (Å²) in [5.41, 5.74) is 1.92. The molecule has 8 heteroatoms. The molecule has 1 fully saturated rings. The van der Waals surface area contributed by atoms with Gasteiger partial charge in [-0.1, -0.05) is 6.07 Å². The van der Waals surface area contributed by atoms with Gasteiger partial charge in [0, 0.05) is 37.9 Å². The van der Waals surface area contributed by atoms with Gasteiger partial charge in [-0.2, -0.15) is 0 Å². The highest BCUT2D eigenvalue weighted by Gasteiger charge is 2.28. The van der Waals surface area contributed by atoms with Gasteiger partial charge in [0.25, 0.3) is 0 Å². The number of nitrogens with one attached hydrogen (secondary N) is 2. The van der Waals surface area contributed by atoms with Crippen molar-refractivity contribution in [1.82, 2.24) is 20.0 Å². The summed E-state index contributed by atoms with van der Waals surface area (Å²) in [5, 5.41) is 6.39. The van der Waals surface area contributed by atoms with Crippen molar-refractivity contribution < 1.29 is 8.42 Å². The first-order chi connectivity index (χ1) is 11.6. The average Bonchev–Trinajstić information content (AvgIpc) is 3.09. The molecule has 3 heterocycles. The van der Waals surface area contributed by atoms with Crippen LogP contribution in [-0.2, 0) is 16.3 Å². The lowest BCUT2D eigenvalue weighted by molar-refractivity contribution is 0.599. The second kappa shape index (κ2) is 7.21. The SMILES string of the molecule is CCNC(=NCCc1cn2ccccc2n1)NC1CCS(=O)(=O)C1. The van der Waals surface area contributed by atoms with Crippen molar-refractivity contribution in [3.05, 3.63) is 36.3 Å². The van der Waals surface area contributed by atoms with Crippen LogP contribution >= 0.6 is 0 Å². The Morgan fingerprint density at radius 3 is 3.04 bits per heavy atom. The maximum absolute atomic E-state index is 11.6. The number of sulfone groups is 1. The van der Waals surface area contributed by atoms with Gasteiger partial charge in [0.05, 0.1) is 17.2 Å². The van der Waals surface area contributed by atoms with Gasteiger partial charge in [0.1, 0.15) is 5.65 Å². The van der Waals surface area contributed by atoms with Gasteiger partial charge in [-0.25, -0.2) is 13.4 Å². The molecule has 24 heavy (non-hydrogen) atoms. The van der Waals surface area contributed by atoms with E-state index in [0.29, 0.717) is 18.9 Å². The summed E-state index contributed by atoms with van der Waals surface area (Å²) >= 11 is 0. The van der Waals surface area contributed by atoms with Crippen molar-refractivity contribution in [2.24, 2.45) is 4.99 Å². The molecule has 3 rings (SSSR count). The molecular weight excluding hydrogens is 326 g/mol. The van der Waals surface area contributed by atoms with Crippen molar-refractivity contribution in [3.63, 3.8) is 0 Å². The molecule has 0 spiro atoms. The summed E-state index contributed by atoms with van der Waals surface area (Å²) in [6.45, 7) is 3.32. The van der Waals surface area contributed by atoms with Crippen molar-refractivity contribution in [3.8, 4) is 0 Å². The first-order valence-electron chi connectivity index (χ1n) is 8.23. The minimum absolute atomic E-state index is 0.0528. The van der Waals surface area contributed by atoms with Gasteiger partial charge in [-0.05, 0) is 25.5 Å². The van der Waals surface area contributed by atoms with E-state index in [1.807, 2.05) is 41.9 Å². The molecule has 2 N–H and O–H groups in total. The maximum atomic E-state index is 11.6. The van der Waals surface area contributed by atoms with E-state index >= 15 is 0 Å². The lowest BCUT2D eigenvalue weighted by Gasteiger charge is -2.15. The first kappa shape index (κ1) is 16.8. The Hall–Kier alpha value is -2.09. The summed E-state index contributed by atoms with van der Waals surface area (Å²) in [6, 6.07) is 5.86. The molecule has 0 aromatic carbocycles. The van der Waals surface area contributed by atoms with Crippen molar-refractivity contribution in [1.29, 1.82) is 0 Å². The zero-order valence-electron chi connectivity index (χ0n) is 13.8. The number of rotatable bonds is 5. The van der Waals surface area contributed by atoms with Crippen LogP contribution in [-0.4, -0.2) is 54.4 Å². The number of aliphatic imine (C=N–C) groups is 1. The third-order valence-corrected chi connectivity index (χ3v) is 5.74. The number of guanidine groups is 1. The molecule has 2 aromatic rings. The third-order valence-electron chi connectivity index (χ3n) is 3.97. The van der Waals surface area contributed by atoms with E-state index < -0.39 is 9.84 Å². The molecule has 0 saturated carbocycles. The summed E-state index contributed by atoms with van der Waals surface area (Å²) in [5.74, 6) is 1.11. The normalized spacial score (nSPS) is 20.4. The highest BCUT2D eigenvalue weighted by atomic mass is 32.2. The Kier molecular flexibility index (Phi) is 5.03. The van der Waals surface area contributed by atoms with Crippen LogP contribution in [0.1, 0.15) is 19.0 Å². The van der Waals surface area contributed by atoms with E-state index in [-0.39, 0.29) is 17.5 Å². The number of fused-ring (bicyclic) bond motifs is 1. The van der Waals surface area contributed by atoms with Crippen LogP contribution in [0.2, 0.25) is 0 Å². The van der Waals surface area contributed by atoms with E-state index in [4.69, 9.17) is 0 Å². The first-order valence-corrected chi connectivity index (χ1v) is 10.1. The molecule has 1 unspecified atom stereocenters. The van der Waals surface area contributed by atoms with E-state index in [0.717, 1.165) is 24.3 Å². The Bertz CT molecular complexity index is 795. The zero-order chi connectivity index (χ0) is 17.0. The molecule has 1 aliphatic rings. The quantitative estimate of drug-likeness (QED) is 0.610. The van der Waals surface area contributed by atoms with Gasteiger partial charge in [0.2, 0.25) is 0 Å². The summed E-state index contributed by atoms with van der Waals surface area (Å²) in [6.07, 6.45) is 5.36. The topological polar surface area (TPSA) is 87.9 Å². The second-order valence-corrected chi connectivity index (χ2v) is 8.18. The summed E-state index contributed by atoms with van der Waals surface area (Å²) in [7, 11) is -2.89. The van der Waals surface area contributed by atoms with E-state index in [2.05, 4.69) is 20.6 Å². The molecule has 2 aromatic heterocycles. The minimum atomic E-state index is -2.89. The number of imidazole rings is 1. The van der Waals surface area contributed by atoms with Gasteiger partial charge in [-0.15, -0.1) is 0 Å². The van der Waals surface area contributed by atoms with Gasteiger partial charge in [0.15, 0.2) is 15.8 Å². The lowest BCUT2D eigenvalue weighted by atomic mass is 10.3. The van der Waals surface area contributed by atoms with Crippen molar-refractivity contribution in [2.75, 3.05) is 24.6 Å². The van der Waals surface area contributed by atoms with Crippen LogP contribution in [0.15, 0.2) is 35.6 Å².